The van der Waals surface area contributed by atoms with E-state index in [9.17, 15) is 13.2 Å². The minimum absolute atomic E-state index is 0.296. The zero-order chi connectivity index (χ0) is 27.0. The first-order valence-corrected chi connectivity index (χ1v) is 11.6. The van der Waals surface area contributed by atoms with E-state index in [-0.39, 0.29) is 0 Å². The fourth-order valence-corrected chi connectivity index (χ4v) is 3.45. The SMILES string of the molecule is COCCOc1cc2ncnc(Nc3ccc(Oc4ccc(C(F)(F)F)cc4)cc3)c2cc1OCCOC. The molecule has 0 spiro atoms. The van der Waals surface area contributed by atoms with Gasteiger partial charge < -0.3 is 29.0 Å². The number of anilines is 2. The van der Waals surface area contributed by atoms with Crippen LogP contribution in [0.1, 0.15) is 5.56 Å². The quantitative estimate of drug-likeness (QED) is 0.216. The minimum Gasteiger partial charge on any atom is -0.487 e. The highest BCUT2D eigenvalue weighted by atomic mass is 19.4. The van der Waals surface area contributed by atoms with Crippen LogP contribution in [-0.2, 0) is 15.7 Å². The number of ether oxygens (including phenoxy) is 5. The lowest BCUT2D eigenvalue weighted by atomic mass is 10.2. The molecule has 0 saturated carbocycles. The van der Waals surface area contributed by atoms with Crippen LogP contribution in [0.5, 0.6) is 23.0 Å². The van der Waals surface area contributed by atoms with E-state index in [1.807, 2.05) is 0 Å². The van der Waals surface area contributed by atoms with Crippen molar-refractivity contribution in [1.82, 2.24) is 9.97 Å². The molecule has 4 aromatic rings. The third-order valence-corrected chi connectivity index (χ3v) is 5.33. The normalized spacial score (nSPS) is 11.4. The fraction of sp³-hybridized carbons (Fsp3) is 0.259. The maximum absolute atomic E-state index is 12.8. The monoisotopic (exact) mass is 529 g/mol. The molecule has 0 saturated heterocycles. The van der Waals surface area contributed by atoms with E-state index in [0.29, 0.717) is 71.8 Å². The van der Waals surface area contributed by atoms with Gasteiger partial charge in [0.15, 0.2) is 11.5 Å². The molecule has 200 valence electrons. The molecule has 11 heteroatoms. The second-order valence-electron chi connectivity index (χ2n) is 7.99. The molecular formula is C27H26F3N3O5. The summed E-state index contributed by atoms with van der Waals surface area (Å²) in [6.07, 6.45) is -2.95. The van der Waals surface area contributed by atoms with Crippen LogP contribution in [0.3, 0.4) is 0 Å². The summed E-state index contributed by atoms with van der Waals surface area (Å²) >= 11 is 0. The highest BCUT2D eigenvalue weighted by molar-refractivity contribution is 5.93. The van der Waals surface area contributed by atoms with Gasteiger partial charge in [-0.25, -0.2) is 9.97 Å². The lowest BCUT2D eigenvalue weighted by Gasteiger charge is -2.15. The van der Waals surface area contributed by atoms with E-state index in [4.69, 9.17) is 23.7 Å². The van der Waals surface area contributed by atoms with Crippen LogP contribution in [0.2, 0.25) is 0 Å². The Bertz CT molecular complexity index is 1330. The smallest absolute Gasteiger partial charge is 0.416 e. The Morgan fingerprint density at radius 1 is 0.737 bits per heavy atom. The Kier molecular flexibility index (Phi) is 8.82. The average Bonchev–Trinajstić information content (AvgIpc) is 2.90. The van der Waals surface area contributed by atoms with Gasteiger partial charge in [0.2, 0.25) is 0 Å². The molecule has 0 atom stereocenters. The molecule has 0 unspecified atom stereocenters. The summed E-state index contributed by atoms with van der Waals surface area (Å²) in [5.41, 5.74) is 0.630. The molecule has 0 amide bonds. The molecular weight excluding hydrogens is 503 g/mol. The molecule has 4 rings (SSSR count). The zero-order valence-electron chi connectivity index (χ0n) is 20.7. The summed E-state index contributed by atoms with van der Waals surface area (Å²) in [5.74, 6) is 2.36. The van der Waals surface area contributed by atoms with Gasteiger partial charge in [0.05, 0.1) is 24.3 Å². The number of halogens is 3. The summed E-state index contributed by atoms with van der Waals surface area (Å²) < 4.78 is 65.8. The van der Waals surface area contributed by atoms with Crippen molar-refractivity contribution in [3.05, 3.63) is 72.6 Å². The summed E-state index contributed by atoms with van der Waals surface area (Å²) in [6.45, 7) is 1.51. The van der Waals surface area contributed by atoms with E-state index < -0.39 is 11.7 Å². The van der Waals surface area contributed by atoms with Crippen LogP contribution in [0.25, 0.3) is 10.9 Å². The highest BCUT2D eigenvalue weighted by Gasteiger charge is 2.30. The molecule has 1 heterocycles. The number of nitrogens with zero attached hydrogens (tertiary/aromatic N) is 2. The van der Waals surface area contributed by atoms with Crippen LogP contribution in [-0.4, -0.2) is 50.6 Å². The number of hydrogen-bond acceptors (Lipinski definition) is 8. The standard InChI is InChI=1S/C27H26F3N3O5/c1-34-11-13-36-24-15-22-23(16-25(24)37-14-12-35-2)31-17-32-26(22)33-19-5-9-21(10-6-19)38-20-7-3-18(4-8-20)27(28,29)30/h3-10,15-17H,11-14H2,1-2H3,(H,31,32,33). The Hall–Kier alpha value is -4.09. The molecule has 3 aromatic carbocycles. The summed E-state index contributed by atoms with van der Waals surface area (Å²) in [7, 11) is 3.19. The number of hydrogen-bond donors (Lipinski definition) is 1. The molecule has 0 radical (unpaired) electrons. The lowest BCUT2D eigenvalue weighted by Crippen LogP contribution is -2.09. The van der Waals surface area contributed by atoms with Gasteiger partial charge in [-0.2, -0.15) is 13.2 Å². The van der Waals surface area contributed by atoms with Gasteiger partial charge in [-0.15, -0.1) is 0 Å². The summed E-state index contributed by atoms with van der Waals surface area (Å²) in [5, 5.41) is 3.97. The van der Waals surface area contributed by atoms with Crippen molar-refractivity contribution in [2.24, 2.45) is 0 Å². The van der Waals surface area contributed by atoms with Crippen LogP contribution in [0, 0.1) is 0 Å². The number of alkyl halides is 3. The molecule has 1 aromatic heterocycles. The first-order chi connectivity index (χ1) is 18.4. The van der Waals surface area contributed by atoms with E-state index in [2.05, 4.69) is 15.3 Å². The first-order valence-electron chi connectivity index (χ1n) is 11.6. The second-order valence-corrected chi connectivity index (χ2v) is 7.99. The van der Waals surface area contributed by atoms with Crippen LogP contribution >= 0.6 is 0 Å². The van der Waals surface area contributed by atoms with Crippen molar-refractivity contribution < 1.29 is 36.9 Å². The van der Waals surface area contributed by atoms with Gasteiger partial charge in [-0.3, -0.25) is 0 Å². The van der Waals surface area contributed by atoms with Crippen molar-refractivity contribution in [3.63, 3.8) is 0 Å². The van der Waals surface area contributed by atoms with Crippen molar-refractivity contribution in [3.8, 4) is 23.0 Å². The summed E-state index contributed by atoms with van der Waals surface area (Å²) in [4.78, 5) is 8.74. The average molecular weight is 530 g/mol. The predicted octanol–water partition coefficient (Wildman–Crippen LogP) is 6.23. The predicted molar refractivity (Wildman–Crippen MR) is 136 cm³/mol. The van der Waals surface area contributed by atoms with Gasteiger partial charge in [0.25, 0.3) is 0 Å². The Morgan fingerprint density at radius 2 is 1.32 bits per heavy atom. The third kappa shape index (κ3) is 7.02. The third-order valence-electron chi connectivity index (χ3n) is 5.33. The molecule has 0 aliphatic heterocycles. The van der Waals surface area contributed by atoms with Gasteiger partial charge in [0, 0.05) is 31.4 Å². The van der Waals surface area contributed by atoms with E-state index in [1.165, 1.54) is 18.5 Å². The van der Waals surface area contributed by atoms with Crippen LogP contribution in [0.4, 0.5) is 24.7 Å². The maximum atomic E-state index is 12.8. The molecule has 1 N–H and O–H groups in total. The van der Waals surface area contributed by atoms with Crippen molar-refractivity contribution in [1.29, 1.82) is 0 Å². The van der Waals surface area contributed by atoms with E-state index in [0.717, 1.165) is 12.1 Å². The van der Waals surface area contributed by atoms with Crippen molar-refractivity contribution in [2.45, 2.75) is 6.18 Å². The number of nitrogens with one attached hydrogen (secondary N) is 1. The maximum Gasteiger partial charge on any atom is 0.416 e. The van der Waals surface area contributed by atoms with Gasteiger partial charge >= 0.3 is 6.18 Å². The van der Waals surface area contributed by atoms with E-state index >= 15 is 0 Å². The Morgan fingerprint density at radius 3 is 1.89 bits per heavy atom. The number of methoxy groups -OCH3 is 2. The summed E-state index contributed by atoms with van der Waals surface area (Å²) in [6, 6.07) is 15.0. The molecule has 0 aliphatic carbocycles. The molecule has 38 heavy (non-hydrogen) atoms. The van der Waals surface area contributed by atoms with Crippen molar-refractivity contribution >= 4 is 22.4 Å². The highest BCUT2D eigenvalue weighted by Crippen LogP contribution is 2.36. The van der Waals surface area contributed by atoms with Gasteiger partial charge in [-0.1, -0.05) is 0 Å². The number of rotatable bonds is 12. The first kappa shape index (κ1) is 27.0. The van der Waals surface area contributed by atoms with Gasteiger partial charge in [-0.05, 0) is 54.6 Å². The fourth-order valence-electron chi connectivity index (χ4n) is 3.45. The minimum atomic E-state index is -4.40. The zero-order valence-corrected chi connectivity index (χ0v) is 20.7. The van der Waals surface area contributed by atoms with E-state index in [1.54, 1.807) is 50.6 Å². The molecule has 0 fully saturated rings. The van der Waals surface area contributed by atoms with Gasteiger partial charge in [0.1, 0.15) is 36.9 Å². The lowest BCUT2D eigenvalue weighted by molar-refractivity contribution is -0.137. The molecule has 0 bridgehead atoms. The number of benzene rings is 3. The number of fused-ring (bicyclic) bond motifs is 1. The number of aromatic nitrogens is 2. The van der Waals surface area contributed by atoms with Crippen molar-refractivity contribution in [2.75, 3.05) is 46.0 Å². The Labute approximate surface area is 217 Å². The molecule has 8 nitrogen and oxygen atoms in total. The largest absolute Gasteiger partial charge is 0.487 e. The topological polar surface area (TPSA) is 84.0 Å². The van der Waals surface area contributed by atoms with Crippen LogP contribution in [0.15, 0.2) is 67.0 Å². The molecule has 0 aliphatic rings. The Balaban J connectivity index is 1.51. The van der Waals surface area contributed by atoms with Crippen LogP contribution < -0.4 is 19.5 Å². The second kappa shape index (κ2) is 12.4.